The van der Waals surface area contributed by atoms with E-state index in [0.29, 0.717) is 0 Å². The lowest BCUT2D eigenvalue weighted by Gasteiger charge is -2.32. The lowest BCUT2D eigenvalue weighted by Crippen LogP contribution is -2.55. The average molecular weight is 288 g/mol. The Labute approximate surface area is 119 Å². The van der Waals surface area contributed by atoms with E-state index < -0.39 is 29.4 Å². The Bertz CT molecular complexity index is 373. The van der Waals surface area contributed by atoms with Gasteiger partial charge in [0.15, 0.2) is 0 Å². The van der Waals surface area contributed by atoms with Gasteiger partial charge in [0.25, 0.3) is 0 Å². The summed E-state index contributed by atoms with van der Waals surface area (Å²) in [5.41, 5.74) is -0.643. The highest BCUT2D eigenvalue weighted by Gasteiger charge is 2.34. The molecule has 0 fully saturated rings. The van der Waals surface area contributed by atoms with Crippen LogP contribution in [-0.4, -0.2) is 53.7 Å². The van der Waals surface area contributed by atoms with Gasteiger partial charge in [0, 0.05) is 6.04 Å². The molecule has 0 saturated carbocycles. The number of amides is 2. The van der Waals surface area contributed by atoms with Crippen molar-refractivity contribution in [2.75, 3.05) is 13.7 Å². The van der Waals surface area contributed by atoms with Gasteiger partial charge in [0.2, 0.25) is 0 Å². The van der Waals surface area contributed by atoms with Crippen molar-refractivity contribution >= 4 is 18.0 Å². The lowest BCUT2D eigenvalue weighted by molar-refractivity contribution is -0.142. The number of carbonyl (C=O) groups is 3. The van der Waals surface area contributed by atoms with E-state index in [1.54, 1.807) is 34.6 Å². The van der Waals surface area contributed by atoms with Crippen LogP contribution < -0.4 is 5.32 Å². The predicted molar refractivity (Wildman–Crippen MR) is 73.3 cm³/mol. The minimum absolute atomic E-state index is 0.226. The molecule has 0 aliphatic carbocycles. The van der Waals surface area contributed by atoms with E-state index >= 15 is 0 Å². The SMILES string of the molecule is COC(=O)CN(C(=O)N[C@H](C(=O)O)C(C)(C)C)C(C)C. The van der Waals surface area contributed by atoms with Crippen LogP contribution >= 0.6 is 0 Å². The van der Waals surface area contributed by atoms with Crippen LogP contribution in [0.25, 0.3) is 0 Å². The van der Waals surface area contributed by atoms with Crippen molar-refractivity contribution in [3.05, 3.63) is 0 Å². The first-order valence-electron chi connectivity index (χ1n) is 6.37. The molecule has 0 heterocycles. The van der Waals surface area contributed by atoms with Gasteiger partial charge in [0.1, 0.15) is 12.6 Å². The molecule has 0 aliphatic heterocycles. The van der Waals surface area contributed by atoms with Crippen molar-refractivity contribution in [2.24, 2.45) is 5.41 Å². The molecule has 0 aromatic rings. The monoisotopic (exact) mass is 288 g/mol. The molecule has 7 nitrogen and oxygen atoms in total. The van der Waals surface area contributed by atoms with Crippen LogP contribution in [0, 0.1) is 5.41 Å². The van der Waals surface area contributed by atoms with Gasteiger partial charge in [-0.2, -0.15) is 0 Å². The predicted octanol–water partition coefficient (Wildman–Crippen LogP) is 1.08. The lowest BCUT2D eigenvalue weighted by atomic mass is 9.87. The molecule has 0 unspecified atom stereocenters. The number of methoxy groups -OCH3 is 1. The van der Waals surface area contributed by atoms with Crippen molar-refractivity contribution in [1.82, 2.24) is 10.2 Å². The standard InChI is InChI=1S/C13H24N2O5/c1-8(2)15(7-9(16)20-6)12(19)14-10(11(17)18)13(3,4)5/h8,10H,7H2,1-6H3,(H,14,19)(H,17,18)/t10-/m1/s1. The number of ether oxygens (including phenoxy) is 1. The second-order valence-electron chi connectivity index (χ2n) is 5.88. The Hall–Kier alpha value is -1.79. The van der Waals surface area contributed by atoms with Gasteiger partial charge in [-0.1, -0.05) is 20.8 Å². The van der Waals surface area contributed by atoms with E-state index in [-0.39, 0.29) is 12.6 Å². The van der Waals surface area contributed by atoms with E-state index in [0.717, 1.165) is 0 Å². The number of nitrogens with zero attached hydrogens (tertiary/aromatic N) is 1. The summed E-state index contributed by atoms with van der Waals surface area (Å²) in [5.74, 6) is -1.68. The molecule has 0 rings (SSSR count). The Morgan fingerprint density at radius 1 is 1.25 bits per heavy atom. The summed E-state index contributed by atoms with van der Waals surface area (Å²) >= 11 is 0. The summed E-state index contributed by atoms with van der Waals surface area (Å²) < 4.78 is 4.52. The van der Waals surface area contributed by atoms with Gasteiger partial charge < -0.3 is 20.1 Å². The van der Waals surface area contributed by atoms with E-state index in [2.05, 4.69) is 10.1 Å². The average Bonchev–Trinajstić information content (AvgIpc) is 2.29. The summed E-state index contributed by atoms with van der Waals surface area (Å²) in [6.07, 6.45) is 0. The fourth-order valence-corrected chi connectivity index (χ4v) is 1.55. The third-order valence-electron chi connectivity index (χ3n) is 2.79. The molecule has 0 saturated heterocycles. The van der Waals surface area contributed by atoms with Gasteiger partial charge in [-0.05, 0) is 19.3 Å². The van der Waals surface area contributed by atoms with Gasteiger partial charge in [0.05, 0.1) is 7.11 Å². The van der Waals surface area contributed by atoms with Crippen LogP contribution in [0.2, 0.25) is 0 Å². The zero-order valence-electron chi connectivity index (χ0n) is 12.9. The van der Waals surface area contributed by atoms with Crippen LogP contribution in [0.5, 0.6) is 0 Å². The molecule has 0 aromatic heterocycles. The smallest absolute Gasteiger partial charge is 0.326 e. The number of hydrogen-bond donors (Lipinski definition) is 2. The highest BCUT2D eigenvalue weighted by Crippen LogP contribution is 2.19. The molecule has 1 atom stereocenters. The summed E-state index contributed by atoms with van der Waals surface area (Å²) in [6.45, 7) is 8.38. The molecule has 0 aromatic carbocycles. The zero-order valence-corrected chi connectivity index (χ0v) is 12.9. The number of carbonyl (C=O) groups excluding carboxylic acids is 2. The Morgan fingerprint density at radius 2 is 1.75 bits per heavy atom. The Kier molecular flexibility index (Phi) is 6.48. The van der Waals surface area contributed by atoms with E-state index in [9.17, 15) is 19.5 Å². The highest BCUT2D eigenvalue weighted by molar-refractivity contribution is 5.85. The molecule has 2 amide bonds. The van der Waals surface area contributed by atoms with Crippen LogP contribution in [0.4, 0.5) is 4.79 Å². The van der Waals surface area contributed by atoms with Gasteiger partial charge >= 0.3 is 18.0 Å². The molecule has 0 bridgehead atoms. The maximum Gasteiger partial charge on any atom is 0.326 e. The third-order valence-corrected chi connectivity index (χ3v) is 2.79. The van der Waals surface area contributed by atoms with Crippen LogP contribution in [-0.2, 0) is 14.3 Å². The van der Waals surface area contributed by atoms with Crippen molar-refractivity contribution in [3.8, 4) is 0 Å². The Morgan fingerprint density at radius 3 is 2.05 bits per heavy atom. The minimum Gasteiger partial charge on any atom is -0.480 e. The van der Waals surface area contributed by atoms with Gasteiger partial charge in [-0.3, -0.25) is 4.79 Å². The van der Waals surface area contributed by atoms with Gasteiger partial charge in [-0.15, -0.1) is 0 Å². The number of esters is 1. The van der Waals surface area contributed by atoms with Gasteiger partial charge in [-0.25, -0.2) is 9.59 Å². The minimum atomic E-state index is -1.12. The van der Waals surface area contributed by atoms with Crippen molar-refractivity contribution < 1.29 is 24.2 Å². The summed E-state index contributed by atoms with van der Waals surface area (Å²) in [6, 6.07) is -1.91. The number of carboxylic acid groups (broad SMARTS) is 1. The molecule has 0 radical (unpaired) electrons. The highest BCUT2D eigenvalue weighted by atomic mass is 16.5. The first-order valence-corrected chi connectivity index (χ1v) is 6.37. The zero-order chi connectivity index (χ0) is 16.1. The molecular weight excluding hydrogens is 264 g/mol. The molecule has 20 heavy (non-hydrogen) atoms. The Balaban J connectivity index is 4.99. The number of carboxylic acids is 1. The fraction of sp³-hybridized carbons (Fsp3) is 0.769. The maximum atomic E-state index is 12.1. The molecule has 0 spiro atoms. The summed E-state index contributed by atoms with van der Waals surface area (Å²) in [4.78, 5) is 35.9. The molecule has 2 N–H and O–H groups in total. The molecule has 7 heteroatoms. The second kappa shape index (κ2) is 7.12. The van der Waals surface area contributed by atoms with Crippen molar-refractivity contribution in [2.45, 2.75) is 46.7 Å². The quantitative estimate of drug-likeness (QED) is 0.738. The molecular formula is C13H24N2O5. The number of aliphatic carboxylic acids is 1. The van der Waals surface area contributed by atoms with Crippen molar-refractivity contribution in [3.63, 3.8) is 0 Å². The number of nitrogens with one attached hydrogen (secondary N) is 1. The number of urea groups is 1. The fourth-order valence-electron chi connectivity index (χ4n) is 1.55. The first-order chi connectivity index (χ1) is 9.00. The summed E-state index contributed by atoms with van der Waals surface area (Å²) in [5, 5.41) is 11.6. The molecule has 0 aliphatic rings. The van der Waals surface area contributed by atoms with Crippen molar-refractivity contribution in [1.29, 1.82) is 0 Å². The maximum absolute atomic E-state index is 12.1. The first kappa shape index (κ1) is 18.2. The van der Waals surface area contributed by atoms with Crippen LogP contribution in [0.15, 0.2) is 0 Å². The number of hydrogen-bond acceptors (Lipinski definition) is 4. The van der Waals surface area contributed by atoms with E-state index in [4.69, 9.17) is 0 Å². The van der Waals surface area contributed by atoms with E-state index in [1.165, 1.54) is 12.0 Å². The van der Waals surface area contributed by atoms with E-state index in [1.807, 2.05) is 0 Å². The largest absolute Gasteiger partial charge is 0.480 e. The van der Waals surface area contributed by atoms with Crippen LogP contribution in [0.1, 0.15) is 34.6 Å². The number of rotatable bonds is 5. The second-order valence-corrected chi connectivity index (χ2v) is 5.88. The van der Waals surface area contributed by atoms with Crippen LogP contribution in [0.3, 0.4) is 0 Å². The third kappa shape index (κ3) is 5.46. The normalized spacial score (nSPS) is 12.8. The molecule has 116 valence electrons. The summed E-state index contributed by atoms with van der Waals surface area (Å²) in [7, 11) is 1.23. The topological polar surface area (TPSA) is 95.9 Å².